The number of carboxylic acid groups (broad SMARTS) is 1. The summed E-state index contributed by atoms with van der Waals surface area (Å²) in [6, 6.07) is 9.00. The zero-order chi connectivity index (χ0) is 14.7. The molecule has 0 fully saturated rings. The number of halogens is 1. The molecule has 0 bridgehead atoms. The molecule has 1 aromatic heterocycles. The van der Waals surface area contributed by atoms with Crippen LogP contribution in [-0.4, -0.2) is 22.0 Å². The van der Waals surface area contributed by atoms with E-state index in [2.05, 4.69) is 26.2 Å². The topological polar surface area (TPSA) is 82.2 Å². The number of nitrogens with one attached hydrogen (secondary N) is 2. The average molecular weight is 337 g/mol. The summed E-state index contributed by atoms with van der Waals surface area (Å²) in [5.41, 5.74) is 1.81. The Bertz CT molecular complexity index is 664. The van der Waals surface area contributed by atoms with Gasteiger partial charge in [-0.3, -0.25) is 4.79 Å². The van der Waals surface area contributed by atoms with Crippen molar-refractivity contribution >= 4 is 33.5 Å². The number of hydrogen-bond donors (Lipinski definition) is 3. The molecule has 0 saturated heterocycles. The van der Waals surface area contributed by atoms with Crippen molar-refractivity contribution in [2.75, 3.05) is 5.32 Å². The summed E-state index contributed by atoms with van der Waals surface area (Å²) >= 11 is 3.34. The SMILES string of the molecule is Cc1cc(NC(=O)Cc2cccc(Br)c2)c(C(=O)O)[nH]1. The van der Waals surface area contributed by atoms with Crippen molar-refractivity contribution in [3.05, 3.63) is 51.8 Å². The molecule has 5 nitrogen and oxygen atoms in total. The van der Waals surface area contributed by atoms with Gasteiger partial charge in [0, 0.05) is 10.2 Å². The highest BCUT2D eigenvalue weighted by Crippen LogP contribution is 2.18. The van der Waals surface area contributed by atoms with Gasteiger partial charge in [0.25, 0.3) is 0 Å². The van der Waals surface area contributed by atoms with Gasteiger partial charge in [-0.05, 0) is 30.7 Å². The average Bonchev–Trinajstić information content (AvgIpc) is 2.70. The van der Waals surface area contributed by atoms with E-state index in [1.807, 2.05) is 24.3 Å². The molecule has 104 valence electrons. The Labute approximate surface area is 124 Å². The molecule has 0 radical (unpaired) electrons. The Kier molecular flexibility index (Phi) is 4.24. The Morgan fingerprint density at radius 3 is 2.75 bits per heavy atom. The monoisotopic (exact) mass is 336 g/mol. The first-order valence-electron chi connectivity index (χ1n) is 5.93. The lowest BCUT2D eigenvalue weighted by molar-refractivity contribution is -0.115. The molecule has 3 N–H and O–H groups in total. The number of aromatic carboxylic acids is 1. The molecule has 2 aromatic rings. The maximum Gasteiger partial charge on any atom is 0.354 e. The molecular formula is C14H13BrN2O3. The molecule has 6 heteroatoms. The molecule has 0 aliphatic heterocycles. The second kappa shape index (κ2) is 5.92. The van der Waals surface area contributed by atoms with Crippen LogP contribution in [0.4, 0.5) is 5.69 Å². The highest BCUT2D eigenvalue weighted by molar-refractivity contribution is 9.10. The number of amides is 1. The Balaban J connectivity index is 2.10. The zero-order valence-corrected chi connectivity index (χ0v) is 12.3. The van der Waals surface area contributed by atoms with Crippen molar-refractivity contribution in [3.8, 4) is 0 Å². The molecule has 0 aliphatic carbocycles. The van der Waals surface area contributed by atoms with Crippen LogP contribution < -0.4 is 5.32 Å². The predicted molar refractivity (Wildman–Crippen MR) is 79.0 cm³/mol. The number of carbonyl (C=O) groups is 2. The first-order valence-corrected chi connectivity index (χ1v) is 6.72. The van der Waals surface area contributed by atoms with E-state index >= 15 is 0 Å². The number of carboxylic acids is 1. The maximum atomic E-state index is 11.9. The first kappa shape index (κ1) is 14.3. The normalized spacial score (nSPS) is 10.3. The van der Waals surface area contributed by atoms with Crippen molar-refractivity contribution in [2.45, 2.75) is 13.3 Å². The second-order valence-corrected chi connectivity index (χ2v) is 5.32. The molecule has 20 heavy (non-hydrogen) atoms. The van der Waals surface area contributed by atoms with Crippen molar-refractivity contribution < 1.29 is 14.7 Å². The van der Waals surface area contributed by atoms with Crippen LogP contribution in [0.5, 0.6) is 0 Å². The zero-order valence-electron chi connectivity index (χ0n) is 10.7. The van der Waals surface area contributed by atoms with Crippen LogP contribution in [0.15, 0.2) is 34.8 Å². The summed E-state index contributed by atoms with van der Waals surface area (Å²) in [4.78, 5) is 25.7. The number of rotatable bonds is 4. The minimum absolute atomic E-state index is 0.00917. The van der Waals surface area contributed by atoms with Crippen molar-refractivity contribution in [3.63, 3.8) is 0 Å². The molecule has 1 aromatic carbocycles. The van der Waals surface area contributed by atoms with E-state index < -0.39 is 5.97 Å². The van der Waals surface area contributed by atoms with Crippen LogP contribution in [0.25, 0.3) is 0 Å². The van der Waals surface area contributed by atoms with Crippen molar-refractivity contribution in [2.24, 2.45) is 0 Å². The quantitative estimate of drug-likeness (QED) is 0.802. The fraction of sp³-hybridized carbons (Fsp3) is 0.143. The van der Waals surface area contributed by atoms with E-state index in [0.717, 1.165) is 10.0 Å². The van der Waals surface area contributed by atoms with Crippen LogP contribution in [0.2, 0.25) is 0 Å². The van der Waals surface area contributed by atoms with Crippen molar-refractivity contribution in [1.82, 2.24) is 4.98 Å². The van der Waals surface area contributed by atoms with Gasteiger partial charge in [-0.15, -0.1) is 0 Å². The van der Waals surface area contributed by atoms with Gasteiger partial charge in [-0.2, -0.15) is 0 Å². The van der Waals surface area contributed by atoms with Gasteiger partial charge in [-0.1, -0.05) is 28.1 Å². The van der Waals surface area contributed by atoms with E-state index in [0.29, 0.717) is 5.69 Å². The van der Waals surface area contributed by atoms with Crippen LogP contribution >= 0.6 is 15.9 Å². The summed E-state index contributed by atoms with van der Waals surface area (Å²) < 4.78 is 0.895. The summed E-state index contributed by atoms with van der Waals surface area (Å²) in [6.45, 7) is 1.73. The molecule has 0 aliphatic rings. The Hall–Kier alpha value is -2.08. The molecule has 2 rings (SSSR count). The van der Waals surface area contributed by atoms with E-state index in [4.69, 9.17) is 5.11 Å². The summed E-state index contributed by atoms with van der Waals surface area (Å²) in [5.74, 6) is -1.36. The van der Waals surface area contributed by atoms with Crippen LogP contribution in [0.3, 0.4) is 0 Å². The third kappa shape index (κ3) is 3.48. The number of aromatic amines is 1. The third-order valence-corrected chi connectivity index (χ3v) is 3.19. The second-order valence-electron chi connectivity index (χ2n) is 4.40. The van der Waals surface area contributed by atoms with Gasteiger partial charge in [0.1, 0.15) is 5.69 Å². The van der Waals surface area contributed by atoms with E-state index in [-0.39, 0.29) is 23.7 Å². The minimum Gasteiger partial charge on any atom is -0.477 e. The van der Waals surface area contributed by atoms with Gasteiger partial charge in [0.15, 0.2) is 0 Å². The Morgan fingerprint density at radius 1 is 1.35 bits per heavy atom. The van der Waals surface area contributed by atoms with E-state index in [1.165, 1.54) is 0 Å². The lowest BCUT2D eigenvalue weighted by Crippen LogP contribution is -2.16. The van der Waals surface area contributed by atoms with Gasteiger partial charge in [0.05, 0.1) is 12.1 Å². The minimum atomic E-state index is -1.10. The molecule has 1 amide bonds. The van der Waals surface area contributed by atoms with Gasteiger partial charge < -0.3 is 15.4 Å². The number of H-pyrrole nitrogens is 1. The summed E-state index contributed by atoms with van der Waals surface area (Å²) in [6.07, 6.45) is 0.183. The first-order chi connectivity index (χ1) is 9.45. The Morgan fingerprint density at radius 2 is 2.10 bits per heavy atom. The van der Waals surface area contributed by atoms with E-state index in [1.54, 1.807) is 13.0 Å². The molecule has 0 atom stereocenters. The third-order valence-electron chi connectivity index (χ3n) is 2.69. The number of hydrogen-bond acceptors (Lipinski definition) is 2. The largest absolute Gasteiger partial charge is 0.477 e. The smallest absolute Gasteiger partial charge is 0.354 e. The van der Waals surface area contributed by atoms with Gasteiger partial charge in [0.2, 0.25) is 5.91 Å². The van der Waals surface area contributed by atoms with E-state index in [9.17, 15) is 9.59 Å². The number of aryl methyl sites for hydroxylation is 1. The van der Waals surface area contributed by atoms with Crippen LogP contribution in [0, 0.1) is 6.92 Å². The maximum absolute atomic E-state index is 11.9. The fourth-order valence-electron chi connectivity index (χ4n) is 1.88. The van der Waals surface area contributed by atoms with Gasteiger partial charge in [-0.25, -0.2) is 4.79 Å². The number of carbonyl (C=O) groups excluding carboxylic acids is 1. The number of benzene rings is 1. The fourth-order valence-corrected chi connectivity index (χ4v) is 2.33. The molecule has 0 spiro atoms. The number of aromatic nitrogens is 1. The molecule has 0 saturated carbocycles. The standard InChI is InChI=1S/C14H13BrN2O3/c1-8-5-11(13(16-8)14(19)20)17-12(18)7-9-3-2-4-10(15)6-9/h2-6,16H,7H2,1H3,(H,17,18)(H,19,20). The number of anilines is 1. The lowest BCUT2D eigenvalue weighted by Gasteiger charge is -2.05. The lowest BCUT2D eigenvalue weighted by atomic mass is 10.1. The summed E-state index contributed by atoms with van der Waals surface area (Å²) in [7, 11) is 0. The van der Waals surface area contributed by atoms with Gasteiger partial charge >= 0.3 is 5.97 Å². The van der Waals surface area contributed by atoms with Crippen LogP contribution in [0.1, 0.15) is 21.7 Å². The highest BCUT2D eigenvalue weighted by atomic mass is 79.9. The van der Waals surface area contributed by atoms with Crippen LogP contribution in [-0.2, 0) is 11.2 Å². The summed E-state index contributed by atoms with van der Waals surface area (Å²) in [5, 5.41) is 11.6. The molecule has 1 heterocycles. The van der Waals surface area contributed by atoms with Crippen molar-refractivity contribution in [1.29, 1.82) is 0 Å². The molecular weight excluding hydrogens is 324 g/mol. The predicted octanol–water partition coefficient (Wildman–Crippen LogP) is 2.97. The highest BCUT2D eigenvalue weighted by Gasteiger charge is 2.15. The molecule has 0 unspecified atom stereocenters.